The molecule has 4 amide bonds. The Morgan fingerprint density at radius 3 is 2.36 bits per heavy atom. The van der Waals surface area contributed by atoms with Crippen LogP contribution in [-0.2, 0) is 25.8 Å². The Morgan fingerprint density at radius 2 is 1.66 bits per heavy atom. The third-order valence-electron chi connectivity index (χ3n) is 10.5. The maximum absolute atomic E-state index is 14.1. The van der Waals surface area contributed by atoms with Crippen molar-refractivity contribution in [2.24, 2.45) is 17.8 Å². The molecule has 0 radical (unpaired) electrons. The van der Waals surface area contributed by atoms with Gasteiger partial charge in [-0.25, -0.2) is 0 Å². The van der Waals surface area contributed by atoms with E-state index in [1.807, 2.05) is 36.4 Å². The van der Waals surface area contributed by atoms with Gasteiger partial charge < -0.3 is 9.84 Å². The number of phenols is 1. The maximum Gasteiger partial charge on any atom is 0.253 e. The summed E-state index contributed by atoms with van der Waals surface area (Å²) in [5.74, 6) is -4.37. The minimum atomic E-state index is -1.95. The van der Waals surface area contributed by atoms with Crippen LogP contribution < -0.4 is 4.74 Å². The molecule has 2 aromatic carbocycles. The standard InChI is InChI=1S/C34H34Cl2N2O6/c1-37-31(42)33(35)17-25-22(14-15-24-27(25)30(41)38(29(24)40)20-10-6-3-7-11-20)28(34(33,36)32(37)43)23-13-12-21(16-26(23)39)44-18-19-8-4-2-5-9-19/h2,4-5,8-9,12-14,16,20,24-25,27-28,39H,3,6-7,10-11,15,17-18H2,1H3. The average Bonchev–Trinajstić information content (AvgIpc) is 3.36. The molecule has 5 aliphatic rings. The van der Waals surface area contributed by atoms with Gasteiger partial charge in [0.05, 0.1) is 11.8 Å². The quantitative estimate of drug-likeness (QED) is 0.272. The molecule has 6 unspecified atom stereocenters. The van der Waals surface area contributed by atoms with Gasteiger partial charge in [0, 0.05) is 30.6 Å². The first kappa shape index (κ1) is 29.4. The Balaban J connectivity index is 1.29. The van der Waals surface area contributed by atoms with Gasteiger partial charge in [-0.1, -0.05) is 67.3 Å². The van der Waals surface area contributed by atoms with E-state index in [9.17, 15) is 24.3 Å². The summed E-state index contributed by atoms with van der Waals surface area (Å²) < 4.78 is 5.91. The summed E-state index contributed by atoms with van der Waals surface area (Å²) >= 11 is 14.5. The average molecular weight is 638 g/mol. The molecule has 6 atom stereocenters. The van der Waals surface area contributed by atoms with E-state index in [1.54, 1.807) is 12.1 Å². The molecule has 0 bridgehead atoms. The highest BCUT2D eigenvalue weighted by Gasteiger charge is 2.76. The van der Waals surface area contributed by atoms with Crippen molar-refractivity contribution in [2.45, 2.75) is 73.3 Å². The number of fused-ring (bicyclic) bond motifs is 4. The fourth-order valence-corrected chi connectivity index (χ4v) is 9.42. The molecule has 4 fully saturated rings. The molecular weight excluding hydrogens is 603 g/mol. The number of allylic oxidation sites excluding steroid dienone is 2. The summed E-state index contributed by atoms with van der Waals surface area (Å²) in [6.45, 7) is 0.287. The fraction of sp³-hybridized carbons (Fsp3) is 0.471. The molecule has 0 aromatic heterocycles. The first-order valence-corrected chi connectivity index (χ1v) is 16.1. The Labute approximate surface area is 265 Å². The number of nitrogens with zero attached hydrogens (tertiary/aromatic N) is 2. The van der Waals surface area contributed by atoms with Crippen molar-refractivity contribution in [1.29, 1.82) is 0 Å². The highest BCUT2D eigenvalue weighted by Crippen LogP contribution is 2.66. The second-order valence-corrected chi connectivity index (χ2v) is 14.1. The highest BCUT2D eigenvalue weighted by atomic mass is 35.5. The number of phenolic OH excluding ortho intramolecular Hbond substituents is 1. The lowest BCUT2D eigenvalue weighted by atomic mass is 9.56. The molecule has 10 heteroatoms. The summed E-state index contributed by atoms with van der Waals surface area (Å²) in [5.41, 5.74) is 1.92. The van der Waals surface area contributed by atoms with Crippen LogP contribution in [0.5, 0.6) is 11.5 Å². The summed E-state index contributed by atoms with van der Waals surface area (Å²) in [6.07, 6.45) is 6.75. The second kappa shape index (κ2) is 10.6. The molecule has 3 aliphatic carbocycles. The Kier molecular flexibility index (Phi) is 7.09. The largest absolute Gasteiger partial charge is 0.508 e. The second-order valence-electron chi connectivity index (χ2n) is 12.8. The zero-order chi connectivity index (χ0) is 31.0. The number of hydrogen-bond donors (Lipinski definition) is 1. The van der Waals surface area contributed by atoms with Crippen LogP contribution >= 0.6 is 23.2 Å². The topological polar surface area (TPSA) is 104 Å². The van der Waals surface area contributed by atoms with Crippen LogP contribution in [0.1, 0.15) is 62.0 Å². The van der Waals surface area contributed by atoms with Crippen molar-refractivity contribution in [3.05, 3.63) is 71.3 Å². The van der Waals surface area contributed by atoms with Crippen molar-refractivity contribution in [2.75, 3.05) is 7.05 Å². The number of carbonyl (C=O) groups excluding carboxylic acids is 4. The van der Waals surface area contributed by atoms with Gasteiger partial charge in [-0.2, -0.15) is 0 Å². The van der Waals surface area contributed by atoms with E-state index in [4.69, 9.17) is 27.9 Å². The predicted molar refractivity (Wildman–Crippen MR) is 163 cm³/mol. The van der Waals surface area contributed by atoms with E-state index >= 15 is 0 Å². The van der Waals surface area contributed by atoms with Gasteiger partial charge in [0.1, 0.15) is 18.1 Å². The first-order valence-electron chi connectivity index (χ1n) is 15.3. The molecule has 2 saturated carbocycles. The van der Waals surface area contributed by atoms with E-state index in [2.05, 4.69) is 0 Å². The molecule has 8 nitrogen and oxygen atoms in total. The Bertz CT molecular complexity index is 1590. The zero-order valence-corrected chi connectivity index (χ0v) is 25.9. The molecule has 2 aliphatic heterocycles. The van der Waals surface area contributed by atoms with Crippen LogP contribution in [0.15, 0.2) is 60.2 Å². The highest BCUT2D eigenvalue weighted by molar-refractivity contribution is 6.53. The summed E-state index contributed by atoms with van der Waals surface area (Å²) in [4.78, 5) is 53.9. The fourth-order valence-electron chi connectivity index (χ4n) is 8.41. The van der Waals surface area contributed by atoms with Crippen molar-refractivity contribution < 1.29 is 29.0 Å². The minimum absolute atomic E-state index is 0.0625. The van der Waals surface area contributed by atoms with Crippen LogP contribution in [0.4, 0.5) is 0 Å². The summed E-state index contributed by atoms with van der Waals surface area (Å²) in [7, 11) is 1.35. The SMILES string of the molecule is CN1C(=O)C2(Cl)CC3C(=CCC4C(=O)N(C5CCCCC5)C(=O)C43)C(c3ccc(OCc4ccccc4)cc3O)C2(Cl)C1=O. The van der Waals surface area contributed by atoms with Gasteiger partial charge in [0.2, 0.25) is 11.8 Å². The number of amides is 4. The number of alkyl halides is 2. The Morgan fingerprint density at radius 1 is 0.932 bits per heavy atom. The molecule has 2 heterocycles. The van der Waals surface area contributed by atoms with Gasteiger partial charge in [-0.3, -0.25) is 29.0 Å². The monoisotopic (exact) mass is 636 g/mol. The molecule has 44 heavy (non-hydrogen) atoms. The van der Waals surface area contributed by atoms with Gasteiger partial charge in [0.25, 0.3) is 11.8 Å². The van der Waals surface area contributed by atoms with E-state index < -0.39 is 45.2 Å². The molecule has 7 rings (SSSR count). The van der Waals surface area contributed by atoms with Crippen LogP contribution in [-0.4, -0.2) is 61.4 Å². The van der Waals surface area contributed by atoms with Gasteiger partial charge in [-0.15, -0.1) is 23.2 Å². The van der Waals surface area contributed by atoms with Gasteiger partial charge >= 0.3 is 0 Å². The minimum Gasteiger partial charge on any atom is -0.508 e. The van der Waals surface area contributed by atoms with Crippen molar-refractivity contribution in [3.63, 3.8) is 0 Å². The van der Waals surface area contributed by atoms with Gasteiger partial charge in [-0.05, 0) is 43.2 Å². The van der Waals surface area contributed by atoms with Crippen molar-refractivity contribution in [3.8, 4) is 11.5 Å². The Hall–Kier alpha value is -3.36. The van der Waals surface area contributed by atoms with Crippen LogP contribution in [0.2, 0.25) is 0 Å². The number of imide groups is 2. The van der Waals surface area contributed by atoms with Gasteiger partial charge in [0.15, 0.2) is 9.75 Å². The summed E-state index contributed by atoms with van der Waals surface area (Å²) in [5, 5.41) is 11.4. The van der Waals surface area contributed by atoms with E-state index in [-0.39, 0.29) is 36.6 Å². The van der Waals surface area contributed by atoms with Crippen molar-refractivity contribution in [1.82, 2.24) is 9.80 Å². The molecule has 1 N–H and O–H groups in total. The molecule has 2 saturated heterocycles. The molecule has 2 aromatic rings. The summed E-state index contributed by atoms with van der Waals surface area (Å²) in [6, 6.07) is 14.3. The predicted octanol–water partition coefficient (Wildman–Crippen LogP) is 5.29. The number of benzene rings is 2. The smallest absolute Gasteiger partial charge is 0.253 e. The lowest BCUT2D eigenvalue weighted by Crippen LogP contribution is -2.60. The first-order chi connectivity index (χ1) is 21.1. The zero-order valence-electron chi connectivity index (χ0n) is 24.4. The van der Waals surface area contributed by atoms with E-state index in [0.717, 1.165) is 42.6 Å². The number of likely N-dealkylation sites (tertiary alicyclic amines) is 2. The number of carbonyl (C=O) groups is 4. The van der Waals surface area contributed by atoms with Crippen molar-refractivity contribution >= 4 is 46.8 Å². The van der Waals surface area contributed by atoms with Crippen LogP contribution in [0, 0.1) is 17.8 Å². The lowest BCUT2D eigenvalue weighted by Gasteiger charge is -2.50. The number of rotatable bonds is 5. The van der Waals surface area contributed by atoms with Crippen LogP contribution in [0.3, 0.4) is 0 Å². The molecular formula is C34H34Cl2N2O6. The molecule has 0 spiro atoms. The number of ether oxygens (including phenoxy) is 1. The third kappa shape index (κ3) is 4.09. The van der Waals surface area contributed by atoms with E-state index in [1.165, 1.54) is 18.0 Å². The maximum atomic E-state index is 14.1. The molecule has 230 valence electrons. The van der Waals surface area contributed by atoms with Crippen LogP contribution in [0.25, 0.3) is 0 Å². The normalized spacial score (nSPS) is 33.7. The number of hydrogen-bond acceptors (Lipinski definition) is 6. The third-order valence-corrected chi connectivity index (χ3v) is 12.0. The number of aromatic hydroxyl groups is 1. The number of halogens is 2. The van der Waals surface area contributed by atoms with E-state index in [0.29, 0.717) is 23.3 Å². The lowest BCUT2D eigenvalue weighted by molar-refractivity contribution is -0.144.